The van der Waals surface area contributed by atoms with Gasteiger partial charge in [0.05, 0.1) is 11.7 Å². The molecular weight excluding hydrogens is 290 g/mol. The highest BCUT2D eigenvalue weighted by Crippen LogP contribution is 2.24. The zero-order chi connectivity index (χ0) is 17.3. The lowest BCUT2D eigenvalue weighted by molar-refractivity contribution is -0.159. The normalized spacial score (nSPS) is 21.1. The Labute approximate surface area is 139 Å². The van der Waals surface area contributed by atoms with Crippen LogP contribution >= 0.6 is 0 Å². The van der Waals surface area contributed by atoms with E-state index in [2.05, 4.69) is 32.9 Å². The number of carbonyl (C=O) groups is 1. The highest BCUT2D eigenvalue weighted by molar-refractivity contribution is 5.78. The molecule has 0 radical (unpaired) electrons. The fraction of sp³-hybridized carbons (Fsp3) is 0.632. The van der Waals surface area contributed by atoms with Crippen LogP contribution in [0.1, 0.15) is 47.1 Å². The first-order valence-corrected chi connectivity index (χ1v) is 8.26. The van der Waals surface area contributed by atoms with Crippen LogP contribution in [0.15, 0.2) is 24.3 Å². The molecule has 0 bridgehead atoms. The molecule has 4 nitrogen and oxygen atoms in total. The van der Waals surface area contributed by atoms with Gasteiger partial charge in [0.2, 0.25) is 0 Å². The Morgan fingerprint density at radius 1 is 1.30 bits per heavy atom. The molecule has 0 N–H and O–H groups in total. The third-order valence-electron chi connectivity index (χ3n) is 4.00. The monoisotopic (exact) mass is 319 g/mol. The summed E-state index contributed by atoms with van der Waals surface area (Å²) in [5, 5.41) is 0. The SMILES string of the molecule is C[C@@H]1CN(C(=O)COc2ccc(C(C)(C)C)cc2)CC(C)(C)O1. The van der Waals surface area contributed by atoms with Crippen LogP contribution in [0.25, 0.3) is 0 Å². The van der Waals surface area contributed by atoms with Crippen molar-refractivity contribution in [1.29, 1.82) is 0 Å². The summed E-state index contributed by atoms with van der Waals surface area (Å²) in [5.74, 6) is 0.736. The minimum Gasteiger partial charge on any atom is -0.484 e. The van der Waals surface area contributed by atoms with Gasteiger partial charge in [-0.2, -0.15) is 0 Å². The molecule has 1 aliphatic heterocycles. The molecule has 4 heteroatoms. The van der Waals surface area contributed by atoms with Gasteiger partial charge in [0, 0.05) is 13.1 Å². The van der Waals surface area contributed by atoms with Gasteiger partial charge in [-0.1, -0.05) is 32.9 Å². The molecule has 128 valence electrons. The van der Waals surface area contributed by atoms with Crippen molar-refractivity contribution >= 4 is 5.91 Å². The molecule has 0 aromatic heterocycles. The number of hydrogen-bond acceptors (Lipinski definition) is 3. The smallest absolute Gasteiger partial charge is 0.260 e. The Morgan fingerprint density at radius 2 is 1.91 bits per heavy atom. The van der Waals surface area contributed by atoms with E-state index >= 15 is 0 Å². The van der Waals surface area contributed by atoms with Crippen LogP contribution in [-0.4, -0.2) is 42.2 Å². The number of morpholine rings is 1. The van der Waals surface area contributed by atoms with Crippen molar-refractivity contribution in [2.45, 2.75) is 58.7 Å². The van der Waals surface area contributed by atoms with Gasteiger partial charge in [0.25, 0.3) is 5.91 Å². The number of hydrogen-bond donors (Lipinski definition) is 0. The van der Waals surface area contributed by atoms with Gasteiger partial charge in [-0.25, -0.2) is 0 Å². The third kappa shape index (κ3) is 4.96. The number of amides is 1. The number of rotatable bonds is 3. The minimum absolute atomic E-state index is 0.00752. The summed E-state index contributed by atoms with van der Waals surface area (Å²) in [5.41, 5.74) is 1.06. The first kappa shape index (κ1) is 17.8. The molecule has 1 amide bonds. The fourth-order valence-corrected chi connectivity index (χ4v) is 2.93. The molecular formula is C19H29NO3. The Morgan fingerprint density at radius 3 is 2.43 bits per heavy atom. The maximum absolute atomic E-state index is 12.4. The zero-order valence-electron chi connectivity index (χ0n) is 15.2. The highest BCUT2D eigenvalue weighted by atomic mass is 16.5. The Bertz CT molecular complexity index is 543. The van der Waals surface area contributed by atoms with Gasteiger partial charge < -0.3 is 14.4 Å². The topological polar surface area (TPSA) is 38.8 Å². The molecule has 0 aliphatic carbocycles. The van der Waals surface area contributed by atoms with Crippen molar-refractivity contribution < 1.29 is 14.3 Å². The number of carbonyl (C=O) groups excluding carboxylic acids is 1. The molecule has 1 aliphatic rings. The molecule has 1 fully saturated rings. The van der Waals surface area contributed by atoms with Crippen molar-refractivity contribution in [3.05, 3.63) is 29.8 Å². The maximum atomic E-state index is 12.4. The zero-order valence-corrected chi connectivity index (χ0v) is 15.2. The second-order valence-electron chi connectivity index (χ2n) is 8.03. The van der Waals surface area contributed by atoms with Crippen LogP contribution in [0.4, 0.5) is 0 Å². The average molecular weight is 319 g/mol. The van der Waals surface area contributed by atoms with Crippen LogP contribution in [0, 0.1) is 0 Å². The largest absolute Gasteiger partial charge is 0.484 e. The summed E-state index contributed by atoms with van der Waals surface area (Å²) in [4.78, 5) is 14.2. The summed E-state index contributed by atoms with van der Waals surface area (Å²) < 4.78 is 11.5. The van der Waals surface area contributed by atoms with E-state index in [0.717, 1.165) is 5.75 Å². The Kier molecular flexibility index (Phi) is 5.04. The van der Waals surface area contributed by atoms with Gasteiger partial charge >= 0.3 is 0 Å². The molecule has 1 heterocycles. The molecule has 0 unspecified atom stereocenters. The minimum atomic E-state index is -0.304. The predicted molar refractivity (Wildman–Crippen MR) is 91.8 cm³/mol. The van der Waals surface area contributed by atoms with Crippen LogP contribution in [-0.2, 0) is 14.9 Å². The summed E-state index contributed by atoms with van der Waals surface area (Å²) in [6.07, 6.45) is 0.0498. The summed E-state index contributed by atoms with van der Waals surface area (Å²) in [6, 6.07) is 7.97. The Hall–Kier alpha value is -1.55. The molecule has 1 aromatic rings. The van der Waals surface area contributed by atoms with E-state index in [1.807, 2.05) is 37.8 Å². The van der Waals surface area contributed by atoms with E-state index in [1.165, 1.54) is 5.56 Å². The molecule has 1 atom stereocenters. The average Bonchev–Trinajstić information content (AvgIpc) is 2.42. The van der Waals surface area contributed by atoms with Crippen molar-refractivity contribution in [3.8, 4) is 5.75 Å². The molecule has 1 aromatic carbocycles. The van der Waals surface area contributed by atoms with Crippen LogP contribution < -0.4 is 4.74 Å². The quantitative estimate of drug-likeness (QED) is 0.857. The van der Waals surface area contributed by atoms with E-state index in [0.29, 0.717) is 13.1 Å². The van der Waals surface area contributed by atoms with Gasteiger partial charge in [-0.15, -0.1) is 0 Å². The van der Waals surface area contributed by atoms with Gasteiger partial charge in [-0.05, 0) is 43.9 Å². The molecule has 0 spiro atoms. The number of ether oxygens (including phenoxy) is 2. The maximum Gasteiger partial charge on any atom is 0.260 e. The second-order valence-corrected chi connectivity index (χ2v) is 8.03. The van der Waals surface area contributed by atoms with Crippen LogP contribution in [0.3, 0.4) is 0 Å². The van der Waals surface area contributed by atoms with Gasteiger partial charge in [0.1, 0.15) is 5.75 Å². The predicted octanol–water partition coefficient (Wildman–Crippen LogP) is 3.39. The van der Waals surface area contributed by atoms with Gasteiger partial charge in [0.15, 0.2) is 6.61 Å². The Balaban J connectivity index is 1.91. The summed E-state index contributed by atoms with van der Waals surface area (Å²) in [6.45, 7) is 13.8. The lowest BCUT2D eigenvalue weighted by Crippen LogP contribution is -2.54. The summed E-state index contributed by atoms with van der Waals surface area (Å²) in [7, 11) is 0. The second kappa shape index (κ2) is 6.52. The number of benzene rings is 1. The van der Waals surface area contributed by atoms with E-state index in [9.17, 15) is 4.79 Å². The fourth-order valence-electron chi connectivity index (χ4n) is 2.93. The number of nitrogens with zero attached hydrogens (tertiary/aromatic N) is 1. The first-order valence-electron chi connectivity index (χ1n) is 8.26. The van der Waals surface area contributed by atoms with Crippen LogP contribution in [0.5, 0.6) is 5.75 Å². The first-order chi connectivity index (χ1) is 10.6. The summed E-state index contributed by atoms with van der Waals surface area (Å²) >= 11 is 0. The van der Waals surface area contributed by atoms with E-state index in [4.69, 9.17) is 9.47 Å². The van der Waals surface area contributed by atoms with Crippen molar-refractivity contribution in [2.24, 2.45) is 0 Å². The lowest BCUT2D eigenvalue weighted by atomic mass is 9.87. The molecule has 1 saturated heterocycles. The van der Waals surface area contributed by atoms with E-state index < -0.39 is 0 Å². The standard InChI is InChI=1S/C19H29NO3/c1-14-11-20(13-19(5,6)23-14)17(21)12-22-16-9-7-15(8-10-16)18(2,3)4/h7-10,14H,11-13H2,1-6H3/t14-/m1/s1. The van der Waals surface area contributed by atoms with E-state index in [1.54, 1.807) is 0 Å². The van der Waals surface area contributed by atoms with Crippen molar-refractivity contribution in [2.75, 3.05) is 19.7 Å². The highest BCUT2D eigenvalue weighted by Gasteiger charge is 2.33. The third-order valence-corrected chi connectivity index (χ3v) is 4.00. The molecule has 2 rings (SSSR count). The van der Waals surface area contributed by atoms with Crippen molar-refractivity contribution in [1.82, 2.24) is 4.90 Å². The van der Waals surface area contributed by atoms with Gasteiger partial charge in [-0.3, -0.25) is 4.79 Å². The molecule has 0 saturated carbocycles. The van der Waals surface area contributed by atoms with Crippen LogP contribution in [0.2, 0.25) is 0 Å². The van der Waals surface area contributed by atoms with E-state index in [-0.39, 0.29) is 29.6 Å². The lowest BCUT2D eigenvalue weighted by Gasteiger charge is -2.41. The molecule has 23 heavy (non-hydrogen) atoms. The van der Waals surface area contributed by atoms with Crippen molar-refractivity contribution in [3.63, 3.8) is 0 Å².